The first-order valence-corrected chi connectivity index (χ1v) is 7.18. The molecule has 2 N–H and O–H groups in total. The molecule has 2 aliphatic rings. The maximum absolute atomic E-state index is 11.4. The summed E-state index contributed by atoms with van der Waals surface area (Å²) in [5.74, 6) is 0.577. The van der Waals surface area contributed by atoms with Crippen molar-refractivity contribution in [1.82, 2.24) is 10.6 Å². The number of amides is 1. The third-order valence-electron chi connectivity index (χ3n) is 2.69. The van der Waals surface area contributed by atoms with Crippen LogP contribution in [0.5, 0.6) is 0 Å². The highest BCUT2D eigenvalue weighted by molar-refractivity contribution is 7.94. The molecule has 0 aromatic rings. The maximum atomic E-state index is 11.4. The highest BCUT2D eigenvalue weighted by Crippen LogP contribution is 2.27. The number of sulfone groups is 1. The number of nitrogens with one attached hydrogen (secondary N) is 2. The predicted molar refractivity (Wildman–Crippen MR) is 60.5 cm³/mol. The van der Waals surface area contributed by atoms with Gasteiger partial charge in [-0.3, -0.25) is 4.79 Å². The molecule has 2 rings (SSSR count). The van der Waals surface area contributed by atoms with Crippen LogP contribution < -0.4 is 10.6 Å². The van der Waals surface area contributed by atoms with Crippen LogP contribution in [0.1, 0.15) is 12.8 Å². The van der Waals surface area contributed by atoms with Gasteiger partial charge >= 0.3 is 0 Å². The first kappa shape index (κ1) is 11.6. The molecule has 1 amide bonds. The third-order valence-corrected chi connectivity index (χ3v) is 4.09. The van der Waals surface area contributed by atoms with Crippen LogP contribution in [0.15, 0.2) is 11.5 Å². The van der Waals surface area contributed by atoms with Gasteiger partial charge in [0, 0.05) is 5.41 Å². The van der Waals surface area contributed by atoms with Crippen molar-refractivity contribution in [2.75, 3.05) is 18.8 Å². The Morgan fingerprint density at radius 3 is 2.69 bits per heavy atom. The van der Waals surface area contributed by atoms with Gasteiger partial charge in [-0.25, -0.2) is 8.42 Å². The Morgan fingerprint density at radius 2 is 2.12 bits per heavy atom. The normalized spacial score (nSPS) is 26.9. The Balaban J connectivity index is 1.65. The molecule has 0 aromatic heterocycles. The molecule has 1 aliphatic carbocycles. The minimum atomic E-state index is -3.08. The van der Waals surface area contributed by atoms with Crippen LogP contribution in [0, 0.1) is 5.92 Å². The van der Waals surface area contributed by atoms with E-state index in [4.69, 9.17) is 0 Å². The van der Waals surface area contributed by atoms with E-state index in [-0.39, 0.29) is 24.2 Å². The fourth-order valence-electron chi connectivity index (χ4n) is 1.64. The topological polar surface area (TPSA) is 75.3 Å². The zero-order valence-electron chi connectivity index (χ0n) is 8.98. The second-order valence-electron chi connectivity index (χ2n) is 4.41. The van der Waals surface area contributed by atoms with Crippen molar-refractivity contribution in [3.8, 4) is 0 Å². The summed E-state index contributed by atoms with van der Waals surface area (Å²) in [7, 11) is -3.08. The van der Waals surface area contributed by atoms with Crippen LogP contribution in [0.3, 0.4) is 0 Å². The Labute approximate surface area is 95.2 Å². The summed E-state index contributed by atoms with van der Waals surface area (Å²) in [6.45, 7) is 1.15. The van der Waals surface area contributed by atoms with Crippen LogP contribution in [0.25, 0.3) is 0 Å². The van der Waals surface area contributed by atoms with Crippen molar-refractivity contribution in [2.45, 2.75) is 18.9 Å². The standard InChI is InChI=1S/C10H16N2O3S/c13-10(6-11-5-8-1-2-8)12-9-3-4-16(14,15)7-9/h3-4,8-9,11H,1-2,5-7H2,(H,12,13). The molecule has 16 heavy (non-hydrogen) atoms. The number of rotatable bonds is 5. The molecular formula is C10H16N2O3S. The van der Waals surface area contributed by atoms with Crippen molar-refractivity contribution in [3.63, 3.8) is 0 Å². The lowest BCUT2D eigenvalue weighted by Crippen LogP contribution is -2.41. The van der Waals surface area contributed by atoms with Gasteiger partial charge in [0.2, 0.25) is 5.91 Å². The van der Waals surface area contributed by atoms with Gasteiger partial charge in [-0.05, 0) is 31.4 Å². The van der Waals surface area contributed by atoms with Gasteiger partial charge < -0.3 is 10.6 Å². The van der Waals surface area contributed by atoms with Gasteiger partial charge in [0.15, 0.2) is 9.84 Å². The van der Waals surface area contributed by atoms with Gasteiger partial charge in [-0.15, -0.1) is 0 Å². The molecule has 6 heteroatoms. The molecule has 0 aromatic carbocycles. The first-order valence-electron chi connectivity index (χ1n) is 5.46. The molecule has 0 saturated heterocycles. The summed E-state index contributed by atoms with van der Waals surface area (Å²) in [4.78, 5) is 11.4. The zero-order chi connectivity index (χ0) is 11.6. The Kier molecular flexibility index (Phi) is 3.30. The molecule has 1 atom stereocenters. The zero-order valence-corrected chi connectivity index (χ0v) is 9.79. The van der Waals surface area contributed by atoms with E-state index in [1.54, 1.807) is 0 Å². The molecule has 1 saturated carbocycles. The van der Waals surface area contributed by atoms with E-state index in [0.717, 1.165) is 17.9 Å². The summed E-state index contributed by atoms with van der Waals surface area (Å²) in [5.41, 5.74) is 0. The molecular weight excluding hydrogens is 228 g/mol. The van der Waals surface area contributed by atoms with E-state index in [2.05, 4.69) is 10.6 Å². The van der Waals surface area contributed by atoms with Crippen LogP contribution >= 0.6 is 0 Å². The fraction of sp³-hybridized carbons (Fsp3) is 0.700. The van der Waals surface area contributed by atoms with Crippen LogP contribution in [-0.2, 0) is 14.6 Å². The van der Waals surface area contributed by atoms with Crippen molar-refractivity contribution in [2.24, 2.45) is 5.92 Å². The van der Waals surface area contributed by atoms with Gasteiger partial charge in [-0.1, -0.05) is 0 Å². The van der Waals surface area contributed by atoms with E-state index in [0.29, 0.717) is 0 Å². The summed E-state index contributed by atoms with van der Waals surface area (Å²) in [6.07, 6.45) is 4.02. The van der Waals surface area contributed by atoms with Crippen molar-refractivity contribution in [1.29, 1.82) is 0 Å². The summed E-state index contributed by atoms with van der Waals surface area (Å²) in [6, 6.07) is -0.361. The lowest BCUT2D eigenvalue weighted by atomic mass is 10.3. The van der Waals surface area contributed by atoms with Crippen LogP contribution in [0.2, 0.25) is 0 Å². The van der Waals surface area contributed by atoms with Gasteiger partial charge in [-0.2, -0.15) is 0 Å². The second kappa shape index (κ2) is 4.55. The SMILES string of the molecule is O=C(CNCC1CC1)NC1C=CS(=O)(=O)C1. The average molecular weight is 244 g/mol. The second-order valence-corrected chi connectivity index (χ2v) is 6.34. The highest BCUT2D eigenvalue weighted by atomic mass is 32.2. The first-order chi connectivity index (χ1) is 7.55. The molecule has 0 bridgehead atoms. The van der Waals surface area contributed by atoms with E-state index in [9.17, 15) is 13.2 Å². The summed E-state index contributed by atoms with van der Waals surface area (Å²) in [5, 5.41) is 6.88. The van der Waals surface area contributed by atoms with Gasteiger partial charge in [0.1, 0.15) is 0 Å². The van der Waals surface area contributed by atoms with E-state index >= 15 is 0 Å². The third kappa shape index (κ3) is 3.61. The predicted octanol–water partition coefficient (Wildman–Crippen LogP) is -0.587. The number of hydrogen-bond donors (Lipinski definition) is 2. The van der Waals surface area contributed by atoms with Gasteiger partial charge in [0.05, 0.1) is 18.3 Å². The fourth-order valence-corrected chi connectivity index (χ4v) is 2.87. The number of carbonyl (C=O) groups is 1. The summed E-state index contributed by atoms with van der Waals surface area (Å²) < 4.78 is 22.2. The monoisotopic (exact) mass is 244 g/mol. The smallest absolute Gasteiger partial charge is 0.234 e. The highest BCUT2D eigenvalue weighted by Gasteiger charge is 2.23. The van der Waals surface area contributed by atoms with E-state index in [1.165, 1.54) is 18.9 Å². The van der Waals surface area contributed by atoms with E-state index < -0.39 is 9.84 Å². The maximum Gasteiger partial charge on any atom is 0.234 e. The van der Waals surface area contributed by atoms with Crippen molar-refractivity contribution in [3.05, 3.63) is 11.5 Å². The lowest BCUT2D eigenvalue weighted by molar-refractivity contribution is -0.120. The number of carbonyl (C=O) groups excluding carboxylic acids is 1. The Bertz CT molecular complexity index is 398. The number of hydrogen-bond acceptors (Lipinski definition) is 4. The average Bonchev–Trinajstić information content (AvgIpc) is 2.92. The minimum absolute atomic E-state index is 0.0125. The van der Waals surface area contributed by atoms with Crippen LogP contribution in [-0.4, -0.2) is 39.2 Å². The van der Waals surface area contributed by atoms with Crippen molar-refractivity contribution < 1.29 is 13.2 Å². The Hall–Kier alpha value is -0.880. The van der Waals surface area contributed by atoms with Gasteiger partial charge in [0.25, 0.3) is 0 Å². The molecule has 0 spiro atoms. The lowest BCUT2D eigenvalue weighted by Gasteiger charge is -2.10. The van der Waals surface area contributed by atoms with Crippen LogP contribution in [0.4, 0.5) is 0 Å². The molecule has 90 valence electrons. The molecule has 1 fully saturated rings. The minimum Gasteiger partial charge on any atom is -0.348 e. The van der Waals surface area contributed by atoms with E-state index in [1.807, 2.05) is 0 Å². The molecule has 5 nitrogen and oxygen atoms in total. The molecule has 1 unspecified atom stereocenters. The molecule has 1 heterocycles. The quantitative estimate of drug-likeness (QED) is 0.678. The molecule has 1 aliphatic heterocycles. The Morgan fingerprint density at radius 1 is 1.38 bits per heavy atom. The largest absolute Gasteiger partial charge is 0.348 e. The summed E-state index contributed by atoms with van der Waals surface area (Å²) >= 11 is 0. The van der Waals surface area contributed by atoms with Crippen molar-refractivity contribution >= 4 is 15.7 Å². The molecule has 0 radical (unpaired) electrons.